The molecule has 6 radical (unpaired) electrons. The zero-order valence-electron chi connectivity index (χ0n) is 5.62. The minimum atomic E-state index is -4.64. The SMILES string of the molecule is O=P(O)(O)O.O=P(O)(O)O.[Te].[Te].[Te]. The van der Waals surface area contributed by atoms with Gasteiger partial charge in [-0.15, -0.1) is 0 Å². The summed E-state index contributed by atoms with van der Waals surface area (Å²) in [5.41, 5.74) is 0. The van der Waals surface area contributed by atoms with E-state index >= 15 is 0 Å². The molecule has 0 aliphatic carbocycles. The summed E-state index contributed by atoms with van der Waals surface area (Å²) in [5.74, 6) is 0. The number of phosphoric acid groups is 2. The van der Waals surface area contributed by atoms with Crippen molar-refractivity contribution in [3.05, 3.63) is 0 Å². The van der Waals surface area contributed by atoms with E-state index in [0.29, 0.717) is 0 Å². The van der Waals surface area contributed by atoms with Crippen molar-refractivity contribution >= 4 is 86.6 Å². The van der Waals surface area contributed by atoms with Gasteiger partial charge in [-0.2, -0.15) is 0 Å². The summed E-state index contributed by atoms with van der Waals surface area (Å²) >= 11 is 0. The van der Waals surface area contributed by atoms with Gasteiger partial charge in [0.15, 0.2) is 0 Å². The Kier molecular flexibility index (Phi) is 28.8. The quantitative estimate of drug-likeness (QED) is 0.131. The zero-order valence-corrected chi connectivity index (χ0v) is 14.4. The molecule has 13 heavy (non-hydrogen) atoms. The second-order valence-electron chi connectivity index (χ2n) is 1.03. The minimum absolute atomic E-state index is 0. The van der Waals surface area contributed by atoms with E-state index in [9.17, 15) is 0 Å². The fraction of sp³-hybridized carbons (Fsp3) is 0. The van der Waals surface area contributed by atoms with Crippen LogP contribution in [0.5, 0.6) is 0 Å². The zero-order chi connectivity index (χ0) is 9.00. The summed E-state index contributed by atoms with van der Waals surface area (Å²) in [5, 5.41) is 0. The molecule has 0 saturated heterocycles. The van der Waals surface area contributed by atoms with Crippen LogP contribution in [0.4, 0.5) is 0 Å². The van der Waals surface area contributed by atoms with Crippen LogP contribution in [0.15, 0.2) is 0 Å². The predicted molar refractivity (Wildman–Crippen MR) is 45.8 cm³/mol. The summed E-state index contributed by atoms with van der Waals surface area (Å²) in [6.45, 7) is 0. The Labute approximate surface area is 124 Å². The van der Waals surface area contributed by atoms with E-state index in [1.165, 1.54) is 0 Å². The van der Waals surface area contributed by atoms with Crippen LogP contribution in [-0.2, 0) is 9.13 Å². The molecule has 0 aliphatic rings. The minimum Gasteiger partial charge on any atom is -0.303 e. The van der Waals surface area contributed by atoms with E-state index in [2.05, 4.69) is 0 Å². The average molecular weight is 579 g/mol. The van der Waals surface area contributed by atoms with Gasteiger partial charge in [0.2, 0.25) is 0 Å². The first kappa shape index (κ1) is 29.6. The van der Waals surface area contributed by atoms with Crippen LogP contribution >= 0.6 is 15.6 Å². The third-order valence-electron chi connectivity index (χ3n) is 0. The number of hydrogen-bond acceptors (Lipinski definition) is 2. The molecule has 0 atom stereocenters. The third kappa shape index (κ3) is 345. The van der Waals surface area contributed by atoms with E-state index in [4.69, 9.17) is 38.5 Å². The first-order valence-electron chi connectivity index (χ1n) is 1.57. The summed E-state index contributed by atoms with van der Waals surface area (Å²) in [7, 11) is -9.28. The van der Waals surface area contributed by atoms with Gasteiger partial charge >= 0.3 is 15.6 Å². The molecular weight excluding hydrogens is 573 g/mol. The van der Waals surface area contributed by atoms with Crippen molar-refractivity contribution in [1.82, 2.24) is 0 Å². The monoisotopic (exact) mass is 586 g/mol. The molecule has 0 bridgehead atoms. The van der Waals surface area contributed by atoms with Crippen molar-refractivity contribution in [2.24, 2.45) is 0 Å². The molecular formula is H6O8P2Te3. The first-order valence-corrected chi connectivity index (χ1v) is 4.70. The van der Waals surface area contributed by atoms with Gasteiger partial charge in [0.05, 0.1) is 0 Å². The molecule has 0 amide bonds. The van der Waals surface area contributed by atoms with Crippen LogP contribution < -0.4 is 0 Å². The van der Waals surface area contributed by atoms with Crippen LogP contribution in [0.2, 0.25) is 0 Å². The number of rotatable bonds is 0. The molecule has 0 aromatic rings. The molecule has 0 unspecified atom stereocenters. The summed E-state index contributed by atoms with van der Waals surface area (Å²) in [6, 6.07) is 0. The Hall–Kier alpha value is 2.59. The average Bonchev–Trinajstić information content (AvgIpc) is 1.12. The van der Waals surface area contributed by atoms with Gasteiger partial charge in [-0.05, 0) is 0 Å². The number of hydrogen-bond donors (Lipinski definition) is 6. The van der Waals surface area contributed by atoms with E-state index < -0.39 is 15.6 Å². The summed E-state index contributed by atoms with van der Waals surface area (Å²) in [6.07, 6.45) is 0. The second kappa shape index (κ2) is 12.7. The molecule has 0 aliphatic heterocycles. The molecule has 82 valence electrons. The van der Waals surface area contributed by atoms with Gasteiger partial charge in [-0.1, -0.05) is 0 Å². The first-order chi connectivity index (χ1) is 4.00. The topological polar surface area (TPSA) is 156 Å². The maximum atomic E-state index is 8.88. The van der Waals surface area contributed by atoms with Crippen molar-refractivity contribution in [1.29, 1.82) is 0 Å². The van der Waals surface area contributed by atoms with Crippen molar-refractivity contribution in [3.8, 4) is 0 Å². The molecule has 0 fully saturated rings. The molecule has 0 heterocycles. The van der Waals surface area contributed by atoms with Crippen molar-refractivity contribution in [3.63, 3.8) is 0 Å². The fourth-order valence-corrected chi connectivity index (χ4v) is 0. The Balaban J connectivity index is -0.0000000267. The normalized spacial score (nSPS) is 9.08. The van der Waals surface area contributed by atoms with Gasteiger partial charge in [-0.25, -0.2) is 9.13 Å². The van der Waals surface area contributed by atoms with E-state index in [0.717, 1.165) is 0 Å². The van der Waals surface area contributed by atoms with Crippen molar-refractivity contribution in [2.75, 3.05) is 0 Å². The molecule has 8 nitrogen and oxygen atoms in total. The Morgan fingerprint density at radius 1 is 0.538 bits per heavy atom. The maximum Gasteiger partial charge on any atom is 0.466 e. The van der Waals surface area contributed by atoms with E-state index in [-0.39, 0.29) is 71.0 Å². The summed E-state index contributed by atoms with van der Waals surface area (Å²) < 4.78 is 17.8. The molecule has 0 aromatic heterocycles. The van der Waals surface area contributed by atoms with Crippen LogP contribution in [0.25, 0.3) is 0 Å². The van der Waals surface area contributed by atoms with Crippen LogP contribution in [-0.4, -0.2) is 100 Å². The van der Waals surface area contributed by atoms with E-state index in [1.54, 1.807) is 0 Å². The molecule has 0 saturated carbocycles. The van der Waals surface area contributed by atoms with Crippen molar-refractivity contribution < 1.29 is 38.5 Å². The van der Waals surface area contributed by atoms with Crippen LogP contribution in [0.1, 0.15) is 0 Å². The third-order valence-corrected chi connectivity index (χ3v) is 0. The van der Waals surface area contributed by atoms with Gasteiger partial charge in [0.25, 0.3) is 0 Å². The van der Waals surface area contributed by atoms with Gasteiger partial charge < -0.3 is 29.4 Å². The van der Waals surface area contributed by atoms with Gasteiger partial charge in [0.1, 0.15) is 0 Å². The Bertz CT molecular complexity index is 130. The fourth-order valence-electron chi connectivity index (χ4n) is 0. The molecule has 0 aromatic carbocycles. The molecule has 13 heteroatoms. The smallest absolute Gasteiger partial charge is 0.303 e. The van der Waals surface area contributed by atoms with Gasteiger partial charge in [-0.3, -0.25) is 0 Å². The van der Waals surface area contributed by atoms with Gasteiger partial charge in [0, 0.05) is 71.0 Å². The van der Waals surface area contributed by atoms with Crippen molar-refractivity contribution in [2.45, 2.75) is 0 Å². The standard InChI is InChI=1S/2H3O4P.3Te/c2*1-5(2,3)4;;;/h2*(H3,1,2,3,4);;;. The van der Waals surface area contributed by atoms with Crippen LogP contribution in [0.3, 0.4) is 0 Å². The molecule has 6 N–H and O–H groups in total. The largest absolute Gasteiger partial charge is 0.466 e. The molecule has 0 spiro atoms. The Morgan fingerprint density at radius 2 is 0.538 bits per heavy atom. The van der Waals surface area contributed by atoms with E-state index in [1.807, 2.05) is 0 Å². The second-order valence-corrected chi connectivity index (χ2v) is 3.08. The maximum absolute atomic E-state index is 8.88. The van der Waals surface area contributed by atoms with Crippen LogP contribution in [0, 0.1) is 0 Å². The summed E-state index contributed by atoms with van der Waals surface area (Å²) in [4.78, 5) is 43.1. The molecule has 0 rings (SSSR count). The Morgan fingerprint density at radius 3 is 0.538 bits per heavy atom. The predicted octanol–water partition coefficient (Wildman–Crippen LogP) is -3.00.